The molecule has 0 saturated carbocycles. The first-order valence-electron chi connectivity index (χ1n) is 16.6. The Morgan fingerprint density at radius 3 is 0.500 bits per heavy atom. The zero-order chi connectivity index (χ0) is 38.8. The molecule has 54 heavy (non-hydrogen) atoms. The van der Waals surface area contributed by atoms with Gasteiger partial charge in [0.25, 0.3) is 0 Å². The number of hydrogen-bond donors (Lipinski definition) is 0. The van der Waals surface area contributed by atoms with Crippen molar-refractivity contribution < 1.29 is 48.3 Å². The molecule has 0 aliphatic rings. The first kappa shape index (κ1) is 53.7. The molecule has 0 fully saturated rings. The van der Waals surface area contributed by atoms with E-state index in [1.165, 1.54) is 31.8 Å². The second-order valence-electron chi connectivity index (χ2n) is 12.9. The van der Waals surface area contributed by atoms with Crippen molar-refractivity contribution in [3.8, 4) is 0 Å². The van der Waals surface area contributed by atoms with Gasteiger partial charge in [0, 0.05) is 39.0 Å². The van der Waals surface area contributed by atoms with E-state index in [1.807, 2.05) is 41.5 Å². The fourth-order valence-electron chi connectivity index (χ4n) is 4.36. The molecular weight excluding hydrogens is 916 g/mol. The second-order valence-corrected chi connectivity index (χ2v) is 19.8. The van der Waals surface area contributed by atoms with Crippen molar-refractivity contribution in [3.63, 3.8) is 0 Å². The Labute approximate surface area is 364 Å². The number of hydrogen-bond acceptors (Lipinski definition) is 2. The van der Waals surface area contributed by atoms with Gasteiger partial charge in [-0.3, -0.25) is 0 Å². The van der Waals surface area contributed by atoms with Crippen LogP contribution in [0.15, 0.2) is 182 Å². The summed E-state index contributed by atoms with van der Waals surface area (Å²) >= 11 is 9.65. The zero-order valence-electron chi connectivity index (χ0n) is 31.5. The molecule has 286 valence electrons. The van der Waals surface area contributed by atoms with Crippen molar-refractivity contribution in [1.29, 1.82) is 0 Å². The van der Waals surface area contributed by atoms with Gasteiger partial charge >= 0.3 is 22.6 Å². The minimum atomic E-state index is -0.446. The Hall–Kier alpha value is -2.39. The van der Waals surface area contributed by atoms with E-state index in [-0.39, 0.29) is 48.4 Å². The first-order chi connectivity index (χ1) is 24.9. The largest absolute Gasteiger partial charge is 0.0622 e. The standard InChI is InChI=1S/2C18H15P.2C4H10S.2CO.2Rh/c2*1-4-10-16(11-5-1)19(17-12-6-2-7-13-17)18-14-8-3-9-15-18;2*1-4(2,3)5;2*1-2;;/h2*1-15H;2*5H,1-3H3;;;;/p-2. The van der Waals surface area contributed by atoms with E-state index in [2.05, 4.69) is 195 Å². The molecule has 0 aliphatic carbocycles. The maximum Gasteiger partial charge on any atom is 0 e. The molecule has 0 spiro atoms. The number of rotatable bonds is 6. The van der Waals surface area contributed by atoms with Crippen molar-refractivity contribution in [1.82, 2.24) is 0 Å². The minimum Gasteiger partial charge on any atom is -0.0622 e. The summed E-state index contributed by atoms with van der Waals surface area (Å²) in [4.78, 5) is 0. The SMILES string of the molecule is CC(C)(C)[S-].CC(C)(C)[S-].[C-]#[O+].[C-]#[O+].[Rh].[Rh].c1ccc(P(c2ccccc2)c2ccccc2)cc1.c1ccc(P(c2ccccc2)c2ccccc2)cc1. The third-order valence-electron chi connectivity index (χ3n) is 6.09. The Bertz CT molecular complexity index is 1450. The van der Waals surface area contributed by atoms with E-state index in [4.69, 9.17) is 34.6 Å². The molecule has 6 aromatic carbocycles. The van der Waals surface area contributed by atoms with Crippen LogP contribution in [-0.4, -0.2) is 9.49 Å². The number of benzene rings is 6. The van der Waals surface area contributed by atoms with Crippen LogP contribution in [0, 0.1) is 13.3 Å². The van der Waals surface area contributed by atoms with Gasteiger partial charge in [0.1, 0.15) is 0 Å². The summed E-state index contributed by atoms with van der Waals surface area (Å²) in [6.07, 6.45) is 0. The van der Waals surface area contributed by atoms with E-state index in [0.29, 0.717) is 0 Å². The summed E-state index contributed by atoms with van der Waals surface area (Å²) in [7, 11) is -0.892. The fraction of sp³-hybridized carbons (Fsp3) is 0.174. The molecule has 0 aliphatic heterocycles. The van der Waals surface area contributed by atoms with Crippen molar-refractivity contribution in [2.45, 2.75) is 51.0 Å². The Morgan fingerprint density at radius 2 is 0.407 bits per heavy atom. The molecular formula is C46H48O2P2Rh2S2-2. The Morgan fingerprint density at radius 1 is 0.315 bits per heavy atom. The minimum absolute atomic E-state index is 0. The smallest absolute Gasteiger partial charge is 0 e. The normalized spacial score (nSPS) is 9.74. The molecule has 0 saturated heterocycles. The summed E-state index contributed by atoms with van der Waals surface area (Å²) in [5, 5.41) is 8.39. The summed E-state index contributed by atoms with van der Waals surface area (Å²) in [6.45, 7) is 21.0. The molecule has 6 rings (SSSR count). The first-order valence-corrected chi connectivity index (χ1v) is 20.1. The predicted molar refractivity (Wildman–Crippen MR) is 232 cm³/mol. The van der Waals surface area contributed by atoms with E-state index < -0.39 is 15.8 Å². The quantitative estimate of drug-likeness (QED) is 0.0549. The summed E-state index contributed by atoms with van der Waals surface area (Å²) in [6, 6.07) is 64.7. The van der Waals surface area contributed by atoms with Crippen LogP contribution in [0.2, 0.25) is 0 Å². The molecule has 8 heteroatoms. The van der Waals surface area contributed by atoms with Crippen molar-refractivity contribution in [2.75, 3.05) is 0 Å². The summed E-state index contributed by atoms with van der Waals surface area (Å²) in [5.41, 5.74) is 0. The summed E-state index contributed by atoms with van der Waals surface area (Å²) < 4.78 is 15.2. The van der Waals surface area contributed by atoms with Gasteiger partial charge in [-0.25, -0.2) is 0 Å². The molecule has 0 bridgehead atoms. The van der Waals surface area contributed by atoms with Crippen LogP contribution in [0.25, 0.3) is 0 Å². The van der Waals surface area contributed by atoms with E-state index in [0.717, 1.165) is 0 Å². The predicted octanol–water partition coefficient (Wildman–Crippen LogP) is 9.47. The van der Waals surface area contributed by atoms with Gasteiger partial charge in [0.05, 0.1) is 0 Å². The second kappa shape index (κ2) is 30.8. The van der Waals surface area contributed by atoms with Gasteiger partial charge < -0.3 is 25.3 Å². The van der Waals surface area contributed by atoms with E-state index in [1.54, 1.807) is 0 Å². The van der Waals surface area contributed by atoms with Crippen molar-refractivity contribution in [2.24, 2.45) is 0 Å². The van der Waals surface area contributed by atoms with Gasteiger partial charge in [0.2, 0.25) is 0 Å². The average molecular weight is 965 g/mol. The maximum absolute atomic E-state index is 7.50. The maximum atomic E-state index is 7.50. The van der Waals surface area contributed by atoms with Crippen LogP contribution in [0.4, 0.5) is 0 Å². The van der Waals surface area contributed by atoms with Gasteiger partial charge in [0.15, 0.2) is 0 Å². The third-order valence-corrected chi connectivity index (χ3v) is 11.0. The van der Waals surface area contributed by atoms with Gasteiger partial charge in [-0.1, -0.05) is 224 Å². The monoisotopic (exact) mass is 964 g/mol. The van der Waals surface area contributed by atoms with Crippen molar-refractivity contribution >= 4 is 72.9 Å². The molecule has 0 amide bonds. The Kier molecular flexibility index (Phi) is 30.6. The zero-order valence-corrected chi connectivity index (χ0v) is 38.2. The van der Waals surface area contributed by atoms with Gasteiger partial charge in [-0.15, -0.1) is 0 Å². The fourth-order valence-corrected chi connectivity index (χ4v) is 8.97. The van der Waals surface area contributed by atoms with Crippen LogP contribution < -0.4 is 31.8 Å². The molecule has 0 atom stereocenters. The third kappa shape index (κ3) is 24.2. The van der Waals surface area contributed by atoms with Crippen LogP contribution in [-0.2, 0) is 73.5 Å². The van der Waals surface area contributed by atoms with E-state index in [9.17, 15) is 0 Å². The van der Waals surface area contributed by atoms with Crippen LogP contribution in [0.5, 0.6) is 0 Å². The molecule has 0 aromatic heterocycles. The molecule has 6 aromatic rings. The molecule has 0 heterocycles. The van der Waals surface area contributed by atoms with E-state index >= 15 is 0 Å². The van der Waals surface area contributed by atoms with Gasteiger partial charge in [-0.05, 0) is 47.7 Å². The summed E-state index contributed by atoms with van der Waals surface area (Å²) in [5.74, 6) is 0. The van der Waals surface area contributed by atoms with Crippen LogP contribution in [0.3, 0.4) is 0 Å². The molecule has 0 unspecified atom stereocenters. The van der Waals surface area contributed by atoms with Gasteiger partial charge in [-0.2, -0.15) is 9.49 Å². The topological polar surface area (TPSA) is 39.8 Å². The molecule has 0 N–H and O–H groups in total. The van der Waals surface area contributed by atoms with Crippen LogP contribution >= 0.6 is 15.8 Å². The average Bonchev–Trinajstić information content (AvgIpc) is 3.15. The van der Waals surface area contributed by atoms with Crippen LogP contribution in [0.1, 0.15) is 41.5 Å². The van der Waals surface area contributed by atoms with Crippen molar-refractivity contribution in [3.05, 3.63) is 195 Å². The molecule has 2 nitrogen and oxygen atoms in total. The molecule has 2 radical (unpaired) electrons. The Balaban J connectivity index is 0.